The molecule has 24 heavy (non-hydrogen) atoms. The van der Waals surface area contributed by atoms with E-state index in [2.05, 4.69) is 15.6 Å². The molecule has 0 bridgehead atoms. The van der Waals surface area contributed by atoms with E-state index in [0.29, 0.717) is 6.54 Å². The van der Waals surface area contributed by atoms with Gasteiger partial charge in [0.15, 0.2) is 0 Å². The molecular formula is C15H25N5O4. The van der Waals surface area contributed by atoms with Crippen LogP contribution in [0.2, 0.25) is 0 Å². The zero-order chi connectivity index (χ0) is 17.1. The maximum atomic E-state index is 12.2. The Hall–Kier alpha value is -1.55. The normalized spacial score (nSPS) is 30.2. The van der Waals surface area contributed by atoms with Gasteiger partial charge in [-0.1, -0.05) is 5.21 Å². The van der Waals surface area contributed by atoms with E-state index in [1.165, 1.54) is 0 Å². The molecule has 1 amide bonds. The molecule has 4 atom stereocenters. The molecule has 2 saturated heterocycles. The monoisotopic (exact) mass is 339 g/mol. The lowest BCUT2D eigenvalue weighted by Gasteiger charge is -2.19. The first kappa shape index (κ1) is 17.3. The molecule has 0 saturated carbocycles. The number of likely N-dealkylation sites (tertiary alicyclic amines) is 1. The maximum absolute atomic E-state index is 12.2. The topological polar surface area (TPSA) is 113 Å². The molecule has 3 N–H and O–H groups in total. The Balaban J connectivity index is 1.56. The molecule has 0 unspecified atom stereocenters. The fourth-order valence-corrected chi connectivity index (χ4v) is 3.29. The van der Waals surface area contributed by atoms with Crippen LogP contribution in [0, 0.1) is 0 Å². The summed E-state index contributed by atoms with van der Waals surface area (Å²) in [6, 6.07) is 0. The van der Waals surface area contributed by atoms with E-state index in [1.54, 1.807) is 15.8 Å². The summed E-state index contributed by atoms with van der Waals surface area (Å²) in [6.07, 6.45) is 0.497. The second-order valence-electron chi connectivity index (χ2n) is 6.45. The van der Waals surface area contributed by atoms with Gasteiger partial charge in [-0.05, 0) is 19.9 Å². The molecule has 9 heteroatoms. The second-order valence-corrected chi connectivity index (χ2v) is 6.45. The summed E-state index contributed by atoms with van der Waals surface area (Å²) < 4.78 is 7.32. The van der Waals surface area contributed by atoms with Crippen LogP contribution in [0.4, 0.5) is 0 Å². The lowest BCUT2D eigenvalue weighted by molar-refractivity contribution is -0.134. The van der Waals surface area contributed by atoms with Crippen molar-refractivity contribution in [3.05, 3.63) is 11.9 Å². The van der Waals surface area contributed by atoms with Gasteiger partial charge in [0.2, 0.25) is 5.91 Å². The number of carbonyl (C=O) groups is 1. The van der Waals surface area contributed by atoms with Crippen molar-refractivity contribution in [2.75, 3.05) is 20.1 Å². The van der Waals surface area contributed by atoms with Gasteiger partial charge in [0.25, 0.3) is 0 Å². The van der Waals surface area contributed by atoms with Crippen molar-refractivity contribution in [2.45, 2.75) is 56.8 Å². The third-order valence-electron chi connectivity index (χ3n) is 4.61. The highest BCUT2D eigenvalue weighted by Crippen LogP contribution is 2.26. The van der Waals surface area contributed by atoms with E-state index in [4.69, 9.17) is 4.74 Å². The van der Waals surface area contributed by atoms with Crippen molar-refractivity contribution in [1.82, 2.24) is 25.2 Å². The third kappa shape index (κ3) is 3.75. The van der Waals surface area contributed by atoms with Gasteiger partial charge in [0.05, 0.1) is 24.8 Å². The van der Waals surface area contributed by atoms with Crippen molar-refractivity contribution >= 4 is 5.91 Å². The SMILES string of the molecule is CNCc1cn(C[C@H]2O[C@@H](CC(=O)N3CCCC3)[C@H](O)[C@@H]2O)nn1. The fraction of sp³-hybridized carbons (Fsp3) is 0.800. The van der Waals surface area contributed by atoms with Crippen LogP contribution in [-0.4, -0.2) is 80.6 Å². The number of ether oxygens (including phenoxy) is 1. The number of nitrogens with one attached hydrogen (secondary N) is 1. The number of nitrogens with zero attached hydrogens (tertiary/aromatic N) is 4. The molecule has 2 aliphatic heterocycles. The minimum atomic E-state index is -1.07. The number of aromatic nitrogens is 3. The predicted molar refractivity (Wildman–Crippen MR) is 83.9 cm³/mol. The van der Waals surface area contributed by atoms with Crippen molar-refractivity contribution in [2.24, 2.45) is 0 Å². The van der Waals surface area contributed by atoms with Gasteiger partial charge in [0, 0.05) is 25.8 Å². The number of rotatable bonds is 6. The van der Waals surface area contributed by atoms with Crippen LogP contribution in [0.15, 0.2) is 6.20 Å². The molecule has 2 aliphatic rings. The average molecular weight is 339 g/mol. The van der Waals surface area contributed by atoms with Crippen LogP contribution >= 0.6 is 0 Å². The molecular weight excluding hydrogens is 314 g/mol. The quantitative estimate of drug-likeness (QED) is 0.578. The van der Waals surface area contributed by atoms with Gasteiger partial charge < -0.3 is 25.2 Å². The van der Waals surface area contributed by atoms with E-state index >= 15 is 0 Å². The van der Waals surface area contributed by atoms with Gasteiger partial charge in [-0.25, -0.2) is 4.68 Å². The summed E-state index contributed by atoms with van der Waals surface area (Å²) in [5, 5.41) is 31.4. The molecule has 134 valence electrons. The lowest BCUT2D eigenvalue weighted by atomic mass is 10.1. The Morgan fingerprint density at radius 3 is 2.75 bits per heavy atom. The maximum Gasteiger partial charge on any atom is 0.225 e. The molecule has 0 aromatic carbocycles. The van der Waals surface area contributed by atoms with Crippen LogP contribution in [0.5, 0.6) is 0 Å². The molecule has 3 rings (SSSR count). The fourth-order valence-electron chi connectivity index (χ4n) is 3.29. The molecule has 3 heterocycles. The molecule has 0 radical (unpaired) electrons. The third-order valence-corrected chi connectivity index (χ3v) is 4.61. The van der Waals surface area contributed by atoms with Crippen LogP contribution in [-0.2, 0) is 22.6 Å². The highest BCUT2D eigenvalue weighted by atomic mass is 16.5. The van der Waals surface area contributed by atoms with E-state index in [1.807, 2.05) is 7.05 Å². The lowest BCUT2D eigenvalue weighted by Crippen LogP contribution is -2.37. The van der Waals surface area contributed by atoms with Crippen LogP contribution in [0.25, 0.3) is 0 Å². The van der Waals surface area contributed by atoms with E-state index in [9.17, 15) is 15.0 Å². The van der Waals surface area contributed by atoms with Crippen LogP contribution in [0.3, 0.4) is 0 Å². The van der Waals surface area contributed by atoms with E-state index < -0.39 is 24.4 Å². The standard InChI is InChI=1S/C15H25N5O4/c1-16-7-10-8-20(18-17-10)9-12-15(23)14(22)11(24-12)6-13(21)19-4-2-3-5-19/h8,11-12,14-16,22-23H,2-7,9H2,1H3/t11-,12+,14-,15+/m0/s1. The summed E-state index contributed by atoms with van der Waals surface area (Å²) in [6.45, 7) is 2.41. The number of amides is 1. The minimum absolute atomic E-state index is 0.0264. The smallest absolute Gasteiger partial charge is 0.225 e. The number of aliphatic hydroxyl groups excluding tert-OH is 2. The van der Waals surface area contributed by atoms with Gasteiger partial charge >= 0.3 is 0 Å². The van der Waals surface area contributed by atoms with Gasteiger partial charge in [0.1, 0.15) is 18.3 Å². The number of hydrogen-bond donors (Lipinski definition) is 3. The van der Waals surface area contributed by atoms with Crippen molar-refractivity contribution in [3.63, 3.8) is 0 Å². The Kier molecular flexibility index (Phi) is 5.44. The molecule has 0 spiro atoms. The van der Waals surface area contributed by atoms with E-state index in [-0.39, 0.29) is 18.9 Å². The van der Waals surface area contributed by atoms with Crippen molar-refractivity contribution in [1.29, 1.82) is 0 Å². The summed E-state index contributed by atoms with van der Waals surface area (Å²) in [5.41, 5.74) is 0.784. The number of carbonyl (C=O) groups excluding carboxylic acids is 1. The highest BCUT2D eigenvalue weighted by molar-refractivity contribution is 5.77. The second kappa shape index (κ2) is 7.56. The Morgan fingerprint density at radius 1 is 1.33 bits per heavy atom. The minimum Gasteiger partial charge on any atom is -0.388 e. The van der Waals surface area contributed by atoms with E-state index in [0.717, 1.165) is 31.6 Å². The summed E-state index contributed by atoms with van der Waals surface area (Å²) >= 11 is 0. The Labute approximate surface area is 140 Å². The predicted octanol–water partition coefficient (Wildman–Crippen LogP) is -1.50. The Morgan fingerprint density at radius 2 is 2.04 bits per heavy atom. The number of aliphatic hydroxyl groups is 2. The largest absolute Gasteiger partial charge is 0.388 e. The van der Waals surface area contributed by atoms with Gasteiger partial charge in [-0.15, -0.1) is 5.10 Å². The zero-order valence-corrected chi connectivity index (χ0v) is 13.8. The van der Waals surface area contributed by atoms with Gasteiger partial charge in [-0.2, -0.15) is 0 Å². The van der Waals surface area contributed by atoms with Crippen LogP contribution < -0.4 is 5.32 Å². The van der Waals surface area contributed by atoms with Gasteiger partial charge in [-0.3, -0.25) is 4.79 Å². The Bertz CT molecular complexity index is 560. The highest BCUT2D eigenvalue weighted by Gasteiger charge is 2.44. The average Bonchev–Trinajstić information content (AvgIpc) is 3.28. The summed E-state index contributed by atoms with van der Waals surface area (Å²) in [7, 11) is 1.82. The zero-order valence-electron chi connectivity index (χ0n) is 13.8. The molecule has 0 aliphatic carbocycles. The first-order valence-corrected chi connectivity index (χ1v) is 8.41. The summed E-state index contributed by atoms with van der Waals surface area (Å²) in [4.78, 5) is 14.0. The molecule has 1 aromatic heterocycles. The molecule has 9 nitrogen and oxygen atoms in total. The number of hydrogen-bond acceptors (Lipinski definition) is 7. The molecule has 2 fully saturated rings. The summed E-state index contributed by atoms with van der Waals surface area (Å²) in [5.74, 6) is -0.0264. The molecule has 1 aromatic rings. The first-order chi connectivity index (χ1) is 11.6. The van der Waals surface area contributed by atoms with Crippen LogP contribution in [0.1, 0.15) is 25.0 Å². The first-order valence-electron chi connectivity index (χ1n) is 8.41. The van der Waals surface area contributed by atoms with Crippen molar-refractivity contribution < 1.29 is 19.7 Å². The van der Waals surface area contributed by atoms with Crippen molar-refractivity contribution in [3.8, 4) is 0 Å².